The maximum atomic E-state index is 12.4. The average Bonchev–Trinajstić information content (AvgIpc) is 3.04. The van der Waals surface area contributed by atoms with E-state index >= 15 is 0 Å². The summed E-state index contributed by atoms with van der Waals surface area (Å²) in [7, 11) is 0. The van der Waals surface area contributed by atoms with Gasteiger partial charge in [-0.2, -0.15) is 0 Å². The van der Waals surface area contributed by atoms with E-state index in [1.54, 1.807) is 11.0 Å². The van der Waals surface area contributed by atoms with Crippen LogP contribution in [0.2, 0.25) is 5.02 Å². The number of hydrogen-bond acceptors (Lipinski definition) is 3. The molecule has 0 saturated carbocycles. The highest BCUT2D eigenvalue weighted by Crippen LogP contribution is 2.34. The van der Waals surface area contributed by atoms with Crippen LogP contribution in [-0.2, 0) is 6.42 Å². The van der Waals surface area contributed by atoms with E-state index in [-0.39, 0.29) is 24.5 Å². The van der Waals surface area contributed by atoms with Crippen molar-refractivity contribution in [3.63, 3.8) is 0 Å². The van der Waals surface area contributed by atoms with E-state index < -0.39 is 0 Å². The first-order valence-electron chi connectivity index (χ1n) is 7.52. The topological polar surface area (TPSA) is 71.5 Å². The van der Waals surface area contributed by atoms with E-state index in [0.29, 0.717) is 29.4 Å². The van der Waals surface area contributed by atoms with Crippen molar-refractivity contribution in [1.29, 1.82) is 0 Å². The Kier molecular flexibility index (Phi) is 5.45. The molecule has 1 aliphatic heterocycles. The van der Waals surface area contributed by atoms with Gasteiger partial charge in [-0.25, -0.2) is 4.79 Å². The predicted molar refractivity (Wildman–Crippen MR) is 95.8 cm³/mol. The number of hydrogen-bond donors (Lipinski definition) is 2. The van der Waals surface area contributed by atoms with Crippen LogP contribution < -0.4 is 11.1 Å². The van der Waals surface area contributed by atoms with Crippen molar-refractivity contribution in [3.8, 4) is 0 Å². The maximum Gasteiger partial charge on any atom is 0.322 e. The van der Waals surface area contributed by atoms with Crippen LogP contribution in [0.25, 0.3) is 11.0 Å². The Labute approximate surface area is 146 Å². The number of halogens is 2. The first-order valence-corrected chi connectivity index (χ1v) is 7.90. The van der Waals surface area contributed by atoms with Crippen molar-refractivity contribution in [1.82, 2.24) is 4.90 Å². The zero-order chi connectivity index (χ0) is 15.9. The number of nitrogens with two attached hydrogens (primary N) is 1. The Balaban J connectivity index is 0.00000192. The van der Waals surface area contributed by atoms with Crippen LogP contribution in [0, 0.1) is 6.92 Å². The minimum Gasteiger partial charge on any atom is -0.459 e. The highest BCUT2D eigenvalue weighted by atomic mass is 35.5. The molecule has 1 aromatic heterocycles. The van der Waals surface area contributed by atoms with E-state index in [2.05, 4.69) is 5.32 Å². The van der Waals surface area contributed by atoms with Gasteiger partial charge in [0, 0.05) is 36.0 Å². The van der Waals surface area contributed by atoms with E-state index in [1.807, 2.05) is 19.9 Å². The number of fused-ring (bicyclic) bond motifs is 1. The van der Waals surface area contributed by atoms with Crippen molar-refractivity contribution in [2.75, 3.05) is 18.4 Å². The van der Waals surface area contributed by atoms with E-state index in [0.717, 1.165) is 29.6 Å². The predicted octanol–water partition coefficient (Wildman–Crippen LogP) is 3.94. The Bertz CT molecular complexity index is 730. The second-order valence-corrected chi connectivity index (χ2v) is 6.20. The molecule has 2 heterocycles. The zero-order valence-corrected chi connectivity index (χ0v) is 14.8. The van der Waals surface area contributed by atoms with Crippen molar-refractivity contribution in [2.45, 2.75) is 32.7 Å². The number of carbonyl (C=O) groups is 1. The van der Waals surface area contributed by atoms with Crippen LogP contribution >= 0.6 is 24.0 Å². The van der Waals surface area contributed by atoms with Gasteiger partial charge in [0.2, 0.25) is 0 Å². The van der Waals surface area contributed by atoms with Crippen LogP contribution in [0.4, 0.5) is 10.5 Å². The molecule has 1 aliphatic rings. The number of furan rings is 1. The van der Waals surface area contributed by atoms with Gasteiger partial charge < -0.3 is 20.4 Å². The molecule has 0 spiro atoms. The molecule has 1 saturated heterocycles. The summed E-state index contributed by atoms with van der Waals surface area (Å²) in [4.78, 5) is 14.1. The third kappa shape index (κ3) is 3.42. The second-order valence-electron chi connectivity index (χ2n) is 5.76. The molecule has 0 aliphatic carbocycles. The maximum absolute atomic E-state index is 12.4. The van der Waals surface area contributed by atoms with Gasteiger partial charge in [-0.05, 0) is 31.0 Å². The SMILES string of the molecule is CCc1oc2c(NC(=O)N3CCC(N)C3)cc(Cl)cc2c1C.Cl. The van der Waals surface area contributed by atoms with Crippen LogP contribution in [0.5, 0.6) is 0 Å². The number of likely N-dealkylation sites (tertiary alicyclic amines) is 1. The van der Waals surface area contributed by atoms with E-state index in [1.165, 1.54) is 0 Å². The largest absolute Gasteiger partial charge is 0.459 e. The zero-order valence-electron chi connectivity index (χ0n) is 13.2. The smallest absolute Gasteiger partial charge is 0.322 e. The number of nitrogens with zero attached hydrogens (tertiary/aromatic N) is 1. The monoisotopic (exact) mass is 357 g/mol. The molecule has 1 aromatic carbocycles. The molecule has 1 unspecified atom stereocenters. The number of benzene rings is 1. The van der Waals surface area contributed by atoms with Gasteiger partial charge in [0.05, 0.1) is 5.69 Å². The van der Waals surface area contributed by atoms with Gasteiger partial charge in [-0.1, -0.05) is 18.5 Å². The minimum absolute atomic E-state index is 0. The molecule has 23 heavy (non-hydrogen) atoms. The summed E-state index contributed by atoms with van der Waals surface area (Å²) in [6, 6.07) is 3.49. The third-order valence-corrected chi connectivity index (χ3v) is 4.39. The molecule has 3 N–H and O–H groups in total. The van der Waals surface area contributed by atoms with Gasteiger partial charge in [-0.3, -0.25) is 0 Å². The van der Waals surface area contributed by atoms with Gasteiger partial charge in [0.1, 0.15) is 5.76 Å². The summed E-state index contributed by atoms with van der Waals surface area (Å²) in [5.41, 5.74) is 8.20. The van der Waals surface area contributed by atoms with Gasteiger partial charge in [0.15, 0.2) is 5.58 Å². The van der Waals surface area contributed by atoms with E-state index in [9.17, 15) is 4.79 Å². The Morgan fingerprint density at radius 2 is 2.26 bits per heavy atom. The molecule has 2 aromatic rings. The number of carbonyl (C=O) groups excluding carboxylic acids is 1. The highest BCUT2D eigenvalue weighted by molar-refractivity contribution is 6.32. The van der Waals surface area contributed by atoms with E-state index in [4.69, 9.17) is 21.8 Å². The first-order chi connectivity index (χ1) is 10.5. The number of nitrogens with one attached hydrogen (secondary N) is 1. The second kappa shape index (κ2) is 6.99. The fourth-order valence-corrected chi connectivity index (χ4v) is 3.15. The average molecular weight is 358 g/mol. The summed E-state index contributed by atoms with van der Waals surface area (Å²) in [6.45, 7) is 5.29. The van der Waals surface area contributed by atoms with Crippen molar-refractivity contribution in [3.05, 3.63) is 28.5 Å². The fraction of sp³-hybridized carbons (Fsp3) is 0.438. The Morgan fingerprint density at radius 1 is 1.52 bits per heavy atom. The third-order valence-electron chi connectivity index (χ3n) is 4.18. The molecule has 7 heteroatoms. The number of amides is 2. The van der Waals surface area contributed by atoms with Crippen molar-refractivity contribution in [2.24, 2.45) is 5.73 Å². The molecule has 5 nitrogen and oxygen atoms in total. The molecule has 0 bridgehead atoms. The van der Waals surface area contributed by atoms with Crippen LogP contribution in [0.1, 0.15) is 24.7 Å². The minimum atomic E-state index is -0.163. The van der Waals surface area contributed by atoms with Crippen molar-refractivity contribution >= 4 is 46.7 Å². The summed E-state index contributed by atoms with van der Waals surface area (Å²) in [5, 5.41) is 4.42. The van der Waals surface area contributed by atoms with Gasteiger partial charge in [-0.15, -0.1) is 12.4 Å². The number of rotatable bonds is 2. The van der Waals surface area contributed by atoms with Crippen molar-refractivity contribution < 1.29 is 9.21 Å². The summed E-state index contributed by atoms with van der Waals surface area (Å²) in [5.74, 6) is 0.913. The van der Waals surface area contributed by atoms with Crippen LogP contribution in [0.15, 0.2) is 16.5 Å². The lowest BCUT2D eigenvalue weighted by atomic mass is 10.1. The van der Waals surface area contributed by atoms with Gasteiger partial charge >= 0.3 is 6.03 Å². The van der Waals surface area contributed by atoms with Crippen LogP contribution in [-0.4, -0.2) is 30.1 Å². The molecule has 3 rings (SSSR count). The fourth-order valence-electron chi connectivity index (χ4n) is 2.93. The summed E-state index contributed by atoms with van der Waals surface area (Å²) in [6.07, 6.45) is 1.63. The Morgan fingerprint density at radius 3 is 2.87 bits per heavy atom. The lowest BCUT2D eigenvalue weighted by Crippen LogP contribution is -2.35. The molecular weight excluding hydrogens is 337 g/mol. The first kappa shape index (κ1) is 17.9. The lowest BCUT2D eigenvalue weighted by molar-refractivity contribution is 0.222. The molecule has 0 radical (unpaired) electrons. The summed E-state index contributed by atoms with van der Waals surface area (Å²) < 4.78 is 5.90. The molecule has 1 atom stereocenters. The molecule has 1 fully saturated rings. The summed E-state index contributed by atoms with van der Waals surface area (Å²) >= 11 is 6.19. The quantitative estimate of drug-likeness (QED) is 0.854. The van der Waals surface area contributed by atoms with Gasteiger partial charge in [0.25, 0.3) is 0 Å². The normalized spacial score (nSPS) is 17.4. The number of urea groups is 1. The standard InChI is InChI=1S/C16H20ClN3O2.ClH/c1-3-14-9(2)12-6-10(17)7-13(15(12)22-14)19-16(21)20-5-4-11(18)8-20;/h6-7,11H,3-5,8,18H2,1-2H3,(H,19,21);1H. The number of aryl methyl sites for hydroxylation is 2. The molecule has 2 amide bonds. The highest BCUT2D eigenvalue weighted by Gasteiger charge is 2.24. The number of anilines is 1. The lowest BCUT2D eigenvalue weighted by Gasteiger charge is -2.17. The molecular formula is C16H21Cl2N3O2. The van der Waals surface area contributed by atoms with Crippen LogP contribution in [0.3, 0.4) is 0 Å². The Hall–Kier alpha value is -1.43. The molecule has 126 valence electrons.